The monoisotopic (exact) mass is 353 g/mol. The van der Waals surface area contributed by atoms with Crippen LogP contribution in [0, 0.1) is 0 Å². The van der Waals surface area contributed by atoms with Gasteiger partial charge < -0.3 is 9.47 Å². The third-order valence-electron chi connectivity index (χ3n) is 3.67. The van der Waals surface area contributed by atoms with Crippen LogP contribution in [0.25, 0.3) is 0 Å². The Morgan fingerprint density at radius 2 is 1.84 bits per heavy atom. The van der Waals surface area contributed by atoms with Crippen LogP contribution >= 0.6 is 11.3 Å². The fraction of sp³-hybridized carbons (Fsp3) is 0.200. The molecule has 0 aliphatic rings. The van der Waals surface area contributed by atoms with Gasteiger partial charge in [0.1, 0.15) is 12.4 Å². The molecule has 1 heterocycles. The molecule has 0 radical (unpaired) electrons. The summed E-state index contributed by atoms with van der Waals surface area (Å²) in [5.74, 6) is 0.507. The maximum Gasteiger partial charge on any atom is 0.357 e. The van der Waals surface area contributed by atoms with Gasteiger partial charge >= 0.3 is 5.97 Å². The van der Waals surface area contributed by atoms with Crippen LogP contribution in [0.15, 0.2) is 65.5 Å². The van der Waals surface area contributed by atoms with Crippen molar-refractivity contribution in [2.24, 2.45) is 0 Å². The summed E-state index contributed by atoms with van der Waals surface area (Å²) in [7, 11) is 0. The molecule has 0 bridgehead atoms. The lowest BCUT2D eigenvalue weighted by Gasteiger charge is -2.11. The van der Waals surface area contributed by atoms with Crippen molar-refractivity contribution in [3.8, 4) is 5.75 Å². The van der Waals surface area contributed by atoms with Crippen LogP contribution in [0.3, 0.4) is 0 Å². The predicted octanol–water partition coefficient (Wildman–Crippen LogP) is 4.51. The molecule has 1 aromatic heterocycles. The number of carbonyl (C=O) groups excluding carboxylic acids is 1. The molecule has 0 aliphatic heterocycles. The van der Waals surface area contributed by atoms with Gasteiger partial charge in [-0.15, -0.1) is 11.3 Å². The summed E-state index contributed by atoms with van der Waals surface area (Å²) in [4.78, 5) is 15.7. The van der Waals surface area contributed by atoms with Crippen molar-refractivity contribution in [3.05, 3.63) is 82.3 Å². The summed E-state index contributed by atoms with van der Waals surface area (Å²) in [5, 5.41) is 1.69. The van der Waals surface area contributed by atoms with Crippen LogP contribution in [-0.2, 0) is 17.8 Å². The molecule has 0 amide bonds. The smallest absolute Gasteiger partial charge is 0.357 e. The van der Waals surface area contributed by atoms with Gasteiger partial charge in [-0.25, -0.2) is 9.78 Å². The van der Waals surface area contributed by atoms with E-state index in [2.05, 4.69) is 4.98 Å². The second-order valence-electron chi connectivity index (χ2n) is 5.50. The molecule has 2 aromatic carbocycles. The van der Waals surface area contributed by atoms with Crippen molar-refractivity contribution in [3.63, 3.8) is 0 Å². The van der Waals surface area contributed by atoms with Crippen LogP contribution in [0.2, 0.25) is 0 Å². The van der Waals surface area contributed by atoms with Crippen molar-refractivity contribution in [2.45, 2.75) is 19.4 Å². The Morgan fingerprint density at radius 3 is 2.64 bits per heavy atom. The van der Waals surface area contributed by atoms with Gasteiger partial charge in [0.15, 0.2) is 5.69 Å². The summed E-state index contributed by atoms with van der Waals surface area (Å²) in [6, 6.07) is 18.0. The van der Waals surface area contributed by atoms with Crippen LogP contribution in [0.1, 0.15) is 28.0 Å². The molecular weight excluding hydrogens is 334 g/mol. The van der Waals surface area contributed by atoms with Gasteiger partial charge in [0, 0.05) is 5.38 Å². The Balaban J connectivity index is 1.48. The molecule has 25 heavy (non-hydrogen) atoms. The quantitative estimate of drug-likeness (QED) is 0.441. The highest BCUT2D eigenvalue weighted by Gasteiger charge is 2.09. The third-order valence-corrected chi connectivity index (χ3v) is 4.26. The number of aromatic nitrogens is 1. The molecule has 128 valence electrons. The van der Waals surface area contributed by atoms with Gasteiger partial charge in [-0.05, 0) is 30.0 Å². The number of hydrogen-bond acceptors (Lipinski definition) is 5. The van der Waals surface area contributed by atoms with E-state index in [0.717, 1.165) is 29.7 Å². The topological polar surface area (TPSA) is 48.4 Å². The fourth-order valence-electron chi connectivity index (χ4n) is 2.40. The summed E-state index contributed by atoms with van der Waals surface area (Å²) < 4.78 is 11.2. The number of para-hydroxylation sites is 1. The Bertz CT molecular complexity index is 788. The first-order chi connectivity index (χ1) is 12.3. The van der Waals surface area contributed by atoms with Gasteiger partial charge in [-0.2, -0.15) is 0 Å². The molecule has 0 spiro atoms. The Kier molecular flexibility index (Phi) is 6.17. The molecule has 0 fully saturated rings. The van der Waals surface area contributed by atoms with E-state index in [1.54, 1.807) is 10.9 Å². The van der Waals surface area contributed by atoms with Crippen molar-refractivity contribution in [2.75, 3.05) is 6.61 Å². The molecular formula is C20H19NO3S. The van der Waals surface area contributed by atoms with E-state index in [4.69, 9.17) is 9.47 Å². The Morgan fingerprint density at radius 1 is 1.04 bits per heavy atom. The summed E-state index contributed by atoms with van der Waals surface area (Å²) in [5.41, 5.74) is 4.24. The van der Waals surface area contributed by atoms with Crippen molar-refractivity contribution >= 4 is 17.3 Å². The number of aryl methyl sites for hydroxylation is 1. The molecule has 0 atom stereocenters. The van der Waals surface area contributed by atoms with Crippen molar-refractivity contribution in [1.82, 2.24) is 4.98 Å². The zero-order chi connectivity index (χ0) is 17.3. The predicted molar refractivity (Wildman–Crippen MR) is 97.9 cm³/mol. The SMILES string of the molecule is O=C(OCCCc1ccccc1OCc1ccccc1)c1cscn1. The van der Waals surface area contributed by atoms with Crippen molar-refractivity contribution < 1.29 is 14.3 Å². The lowest BCUT2D eigenvalue weighted by molar-refractivity contribution is 0.0494. The van der Waals surface area contributed by atoms with E-state index in [-0.39, 0.29) is 5.97 Å². The van der Waals surface area contributed by atoms with E-state index < -0.39 is 0 Å². The van der Waals surface area contributed by atoms with Gasteiger partial charge in [0.2, 0.25) is 0 Å². The first kappa shape index (κ1) is 17.2. The lowest BCUT2D eigenvalue weighted by Crippen LogP contribution is -2.07. The second kappa shape index (κ2) is 8.99. The summed E-state index contributed by atoms with van der Waals surface area (Å²) in [6.45, 7) is 0.903. The van der Waals surface area contributed by atoms with Gasteiger partial charge in [-0.3, -0.25) is 0 Å². The molecule has 4 nitrogen and oxygen atoms in total. The highest BCUT2D eigenvalue weighted by Crippen LogP contribution is 2.21. The molecule has 0 N–H and O–H groups in total. The largest absolute Gasteiger partial charge is 0.489 e. The summed E-state index contributed by atoms with van der Waals surface area (Å²) in [6.07, 6.45) is 1.52. The number of carbonyl (C=O) groups is 1. The second-order valence-corrected chi connectivity index (χ2v) is 6.21. The molecule has 0 unspecified atom stereocenters. The summed E-state index contributed by atoms with van der Waals surface area (Å²) >= 11 is 1.38. The van der Waals surface area contributed by atoms with Crippen LogP contribution in [0.4, 0.5) is 0 Å². The normalized spacial score (nSPS) is 10.4. The lowest BCUT2D eigenvalue weighted by atomic mass is 10.1. The van der Waals surface area contributed by atoms with E-state index in [1.165, 1.54) is 11.3 Å². The zero-order valence-corrected chi connectivity index (χ0v) is 14.6. The number of thiazole rings is 1. The van der Waals surface area contributed by atoms with Crippen molar-refractivity contribution in [1.29, 1.82) is 0 Å². The number of rotatable bonds is 8. The number of benzene rings is 2. The minimum atomic E-state index is -0.366. The standard InChI is InChI=1S/C20H19NO3S/c22-20(18-14-25-15-21-18)23-12-6-10-17-9-4-5-11-19(17)24-13-16-7-2-1-3-8-16/h1-5,7-9,11,14-15H,6,10,12-13H2. The Hall–Kier alpha value is -2.66. The first-order valence-electron chi connectivity index (χ1n) is 8.13. The van der Waals surface area contributed by atoms with Crippen LogP contribution < -0.4 is 4.74 Å². The molecule has 3 rings (SSSR count). The van der Waals surface area contributed by atoms with E-state index in [1.807, 2.05) is 54.6 Å². The average Bonchev–Trinajstić information content (AvgIpc) is 3.20. The fourth-order valence-corrected chi connectivity index (χ4v) is 2.92. The average molecular weight is 353 g/mol. The number of ether oxygens (including phenoxy) is 2. The van der Waals surface area contributed by atoms with Gasteiger partial charge in [0.05, 0.1) is 12.1 Å². The Labute approximate surface area is 151 Å². The van der Waals surface area contributed by atoms with E-state index >= 15 is 0 Å². The molecule has 0 saturated heterocycles. The third kappa shape index (κ3) is 5.16. The maximum atomic E-state index is 11.7. The minimum Gasteiger partial charge on any atom is -0.489 e. The van der Waals surface area contributed by atoms with Gasteiger partial charge in [0.25, 0.3) is 0 Å². The highest BCUT2D eigenvalue weighted by molar-refractivity contribution is 7.07. The molecule has 5 heteroatoms. The molecule has 3 aromatic rings. The van der Waals surface area contributed by atoms with E-state index in [0.29, 0.717) is 18.9 Å². The number of esters is 1. The van der Waals surface area contributed by atoms with Crippen LogP contribution in [-0.4, -0.2) is 17.6 Å². The van der Waals surface area contributed by atoms with Crippen LogP contribution in [0.5, 0.6) is 5.75 Å². The molecule has 0 saturated carbocycles. The zero-order valence-electron chi connectivity index (χ0n) is 13.8. The van der Waals surface area contributed by atoms with E-state index in [9.17, 15) is 4.79 Å². The number of nitrogens with zero attached hydrogens (tertiary/aromatic N) is 1. The highest BCUT2D eigenvalue weighted by atomic mass is 32.1. The first-order valence-corrected chi connectivity index (χ1v) is 9.07. The number of hydrogen-bond donors (Lipinski definition) is 0. The maximum absolute atomic E-state index is 11.7. The molecule has 0 aliphatic carbocycles. The minimum absolute atomic E-state index is 0.364. The van der Waals surface area contributed by atoms with Gasteiger partial charge in [-0.1, -0.05) is 48.5 Å².